The Morgan fingerprint density at radius 3 is 2.46 bits per heavy atom. The first-order chi connectivity index (χ1) is 6.33. The first kappa shape index (κ1) is 10.3. The van der Waals surface area contributed by atoms with Crippen molar-refractivity contribution in [3.05, 3.63) is 35.9 Å². The van der Waals surface area contributed by atoms with E-state index in [-0.39, 0.29) is 0 Å². The third kappa shape index (κ3) is 4.12. The second kappa shape index (κ2) is 5.80. The molecule has 0 heterocycles. The molecule has 0 heteroatoms. The van der Waals surface area contributed by atoms with E-state index < -0.39 is 0 Å². The van der Waals surface area contributed by atoms with E-state index in [2.05, 4.69) is 44.2 Å². The van der Waals surface area contributed by atoms with Gasteiger partial charge in [0.25, 0.3) is 0 Å². The van der Waals surface area contributed by atoms with Crippen LogP contribution in [0.2, 0.25) is 0 Å². The van der Waals surface area contributed by atoms with Gasteiger partial charge in [0, 0.05) is 0 Å². The van der Waals surface area contributed by atoms with Gasteiger partial charge in [0.05, 0.1) is 0 Å². The summed E-state index contributed by atoms with van der Waals surface area (Å²) in [5.74, 6) is 0.836. The molecule has 1 rings (SSSR count). The Balaban J connectivity index is 2.32. The molecule has 0 fully saturated rings. The van der Waals surface area contributed by atoms with Gasteiger partial charge in [0.15, 0.2) is 0 Å². The van der Waals surface area contributed by atoms with Gasteiger partial charge >= 0.3 is 0 Å². The van der Waals surface area contributed by atoms with Crippen molar-refractivity contribution in [2.24, 2.45) is 5.92 Å². The molecule has 13 heavy (non-hydrogen) atoms. The lowest BCUT2D eigenvalue weighted by Crippen LogP contribution is -1.99. The van der Waals surface area contributed by atoms with Crippen molar-refractivity contribution >= 4 is 0 Å². The van der Waals surface area contributed by atoms with E-state index >= 15 is 0 Å². The molecule has 1 atom stereocenters. The van der Waals surface area contributed by atoms with Crippen molar-refractivity contribution in [3.8, 4) is 0 Å². The Hall–Kier alpha value is -0.780. The average molecular weight is 176 g/mol. The largest absolute Gasteiger partial charge is 0.0654 e. The van der Waals surface area contributed by atoms with E-state index in [1.165, 1.54) is 31.2 Å². The standard InChI is InChI=1S/C13H20/c1-3-4-8-12(2)11-13-9-6-5-7-10-13/h5-7,9-10,12H,3-4,8,11H2,1-2H3/t12-/m0/s1. The summed E-state index contributed by atoms with van der Waals surface area (Å²) in [6.07, 6.45) is 5.29. The van der Waals surface area contributed by atoms with Crippen molar-refractivity contribution in [2.45, 2.75) is 39.5 Å². The molecule has 1 aromatic rings. The van der Waals surface area contributed by atoms with Crippen LogP contribution in [0.3, 0.4) is 0 Å². The molecule has 0 bridgehead atoms. The monoisotopic (exact) mass is 176 g/mol. The zero-order valence-electron chi connectivity index (χ0n) is 8.79. The Labute approximate surface area is 82.0 Å². The van der Waals surface area contributed by atoms with Gasteiger partial charge in [0.1, 0.15) is 0 Å². The maximum absolute atomic E-state index is 2.35. The lowest BCUT2D eigenvalue weighted by atomic mass is 9.96. The molecule has 0 nitrogen and oxygen atoms in total. The minimum absolute atomic E-state index is 0.836. The van der Waals surface area contributed by atoms with Crippen LogP contribution in [-0.2, 0) is 6.42 Å². The third-order valence-corrected chi connectivity index (χ3v) is 2.48. The van der Waals surface area contributed by atoms with Crippen LogP contribution in [0.25, 0.3) is 0 Å². The normalized spacial score (nSPS) is 12.8. The molecular formula is C13H20. The Kier molecular flexibility index (Phi) is 4.59. The molecule has 1 aromatic carbocycles. The number of benzene rings is 1. The zero-order chi connectivity index (χ0) is 9.52. The smallest absolute Gasteiger partial charge is 0.0253 e. The molecule has 0 unspecified atom stereocenters. The molecular weight excluding hydrogens is 156 g/mol. The molecule has 0 radical (unpaired) electrons. The maximum Gasteiger partial charge on any atom is -0.0253 e. The van der Waals surface area contributed by atoms with Crippen molar-refractivity contribution in [2.75, 3.05) is 0 Å². The topological polar surface area (TPSA) is 0 Å². The molecule has 72 valence electrons. The summed E-state index contributed by atoms with van der Waals surface area (Å²) in [5, 5.41) is 0. The molecule has 0 amide bonds. The highest BCUT2D eigenvalue weighted by Crippen LogP contribution is 2.13. The van der Waals surface area contributed by atoms with Crippen LogP contribution in [0, 0.1) is 5.92 Å². The van der Waals surface area contributed by atoms with E-state index in [1.807, 2.05) is 0 Å². The highest BCUT2D eigenvalue weighted by atomic mass is 14.1. The lowest BCUT2D eigenvalue weighted by molar-refractivity contribution is 0.503. The summed E-state index contributed by atoms with van der Waals surface area (Å²) in [4.78, 5) is 0. The first-order valence-corrected chi connectivity index (χ1v) is 5.37. The van der Waals surface area contributed by atoms with E-state index in [4.69, 9.17) is 0 Å². The van der Waals surface area contributed by atoms with E-state index in [0.717, 1.165) is 5.92 Å². The number of unbranched alkanes of at least 4 members (excludes halogenated alkanes) is 1. The van der Waals surface area contributed by atoms with Crippen molar-refractivity contribution in [1.29, 1.82) is 0 Å². The highest BCUT2D eigenvalue weighted by molar-refractivity contribution is 5.14. The second-order valence-corrected chi connectivity index (χ2v) is 3.94. The fraction of sp³-hybridized carbons (Fsp3) is 0.538. The van der Waals surface area contributed by atoms with Crippen LogP contribution in [0.4, 0.5) is 0 Å². The number of hydrogen-bond acceptors (Lipinski definition) is 0. The van der Waals surface area contributed by atoms with Crippen molar-refractivity contribution in [3.63, 3.8) is 0 Å². The van der Waals surface area contributed by atoms with Gasteiger partial charge in [-0.2, -0.15) is 0 Å². The van der Waals surface area contributed by atoms with E-state index in [9.17, 15) is 0 Å². The van der Waals surface area contributed by atoms with Crippen LogP contribution < -0.4 is 0 Å². The summed E-state index contributed by atoms with van der Waals surface area (Å²) in [6, 6.07) is 10.8. The Morgan fingerprint density at radius 1 is 1.15 bits per heavy atom. The highest BCUT2D eigenvalue weighted by Gasteiger charge is 2.01. The molecule has 0 aromatic heterocycles. The first-order valence-electron chi connectivity index (χ1n) is 5.37. The predicted octanol–water partition coefficient (Wildman–Crippen LogP) is 4.06. The van der Waals surface area contributed by atoms with Gasteiger partial charge in [-0.25, -0.2) is 0 Å². The number of hydrogen-bond donors (Lipinski definition) is 0. The van der Waals surface area contributed by atoms with Gasteiger partial charge < -0.3 is 0 Å². The Morgan fingerprint density at radius 2 is 1.85 bits per heavy atom. The second-order valence-electron chi connectivity index (χ2n) is 3.94. The minimum Gasteiger partial charge on any atom is -0.0654 e. The summed E-state index contributed by atoms with van der Waals surface area (Å²) < 4.78 is 0. The summed E-state index contributed by atoms with van der Waals surface area (Å²) in [5.41, 5.74) is 1.48. The predicted molar refractivity (Wildman–Crippen MR) is 58.8 cm³/mol. The van der Waals surface area contributed by atoms with Gasteiger partial charge in [-0.15, -0.1) is 0 Å². The van der Waals surface area contributed by atoms with E-state index in [1.54, 1.807) is 0 Å². The van der Waals surface area contributed by atoms with Crippen LogP contribution in [0.15, 0.2) is 30.3 Å². The molecule has 0 aliphatic heterocycles. The van der Waals surface area contributed by atoms with Gasteiger partial charge in [-0.3, -0.25) is 0 Å². The fourth-order valence-corrected chi connectivity index (χ4v) is 1.67. The van der Waals surface area contributed by atoms with Crippen LogP contribution in [0.5, 0.6) is 0 Å². The van der Waals surface area contributed by atoms with E-state index in [0.29, 0.717) is 0 Å². The summed E-state index contributed by atoms with van der Waals surface area (Å²) in [6.45, 7) is 4.61. The van der Waals surface area contributed by atoms with Gasteiger partial charge in [-0.1, -0.05) is 63.4 Å². The summed E-state index contributed by atoms with van der Waals surface area (Å²) >= 11 is 0. The quantitative estimate of drug-likeness (QED) is 0.634. The Bertz CT molecular complexity index is 213. The summed E-state index contributed by atoms with van der Waals surface area (Å²) in [7, 11) is 0. The fourth-order valence-electron chi connectivity index (χ4n) is 1.67. The van der Waals surface area contributed by atoms with Gasteiger partial charge in [-0.05, 0) is 17.9 Å². The molecule has 0 N–H and O–H groups in total. The minimum atomic E-state index is 0.836. The SMILES string of the molecule is CCCC[C@H](C)Cc1ccccc1. The van der Waals surface area contributed by atoms with Crippen LogP contribution >= 0.6 is 0 Å². The third-order valence-electron chi connectivity index (χ3n) is 2.48. The van der Waals surface area contributed by atoms with Crippen molar-refractivity contribution < 1.29 is 0 Å². The van der Waals surface area contributed by atoms with Gasteiger partial charge in [0.2, 0.25) is 0 Å². The zero-order valence-corrected chi connectivity index (χ0v) is 8.79. The lowest BCUT2D eigenvalue weighted by Gasteiger charge is -2.10. The molecule has 0 spiro atoms. The molecule has 0 saturated carbocycles. The average Bonchev–Trinajstić information content (AvgIpc) is 2.16. The molecule has 0 saturated heterocycles. The number of rotatable bonds is 5. The van der Waals surface area contributed by atoms with Crippen LogP contribution in [-0.4, -0.2) is 0 Å². The molecule has 0 aliphatic rings. The van der Waals surface area contributed by atoms with Crippen molar-refractivity contribution in [1.82, 2.24) is 0 Å². The maximum atomic E-state index is 2.35. The van der Waals surface area contributed by atoms with Crippen LogP contribution in [0.1, 0.15) is 38.7 Å². The molecule has 0 aliphatic carbocycles.